The second-order valence-electron chi connectivity index (χ2n) is 6.74. The fourth-order valence-electron chi connectivity index (χ4n) is 3.45. The first-order valence-electron chi connectivity index (χ1n) is 8.66. The zero-order valence-electron chi connectivity index (χ0n) is 15.6. The highest BCUT2D eigenvalue weighted by Gasteiger charge is 2.58. The lowest BCUT2D eigenvalue weighted by Gasteiger charge is -2.43. The molecule has 9 atom stereocenters. The third-order valence-electron chi connectivity index (χ3n) is 4.89. The number of hydrogen-bond acceptors (Lipinski definition) is 11. The summed E-state index contributed by atoms with van der Waals surface area (Å²) < 4.78 is 32.2. The first kappa shape index (κ1) is 22.8. The molecule has 0 radical (unpaired) electrons. The van der Waals surface area contributed by atoms with Gasteiger partial charge >= 0.3 is 0 Å². The topological polar surface area (TPSA) is 157 Å². The maximum absolute atomic E-state index is 10.7. The fraction of sp³-hybridized carbons (Fsp3) is 1.00. The summed E-state index contributed by atoms with van der Waals surface area (Å²) in [7, 11) is 4.20. The van der Waals surface area contributed by atoms with Crippen LogP contribution in [0.25, 0.3) is 0 Å². The predicted molar refractivity (Wildman–Crippen MR) is 87.6 cm³/mol. The van der Waals surface area contributed by atoms with Crippen molar-refractivity contribution in [2.45, 2.75) is 48.7 Å². The summed E-state index contributed by atoms with van der Waals surface area (Å²) in [5, 5.41) is 50.7. The van der Waals surface area contributed by atoms with E-state index in [-0.39, 0.29) is 19.8 Å². The van der Waals surface area contributed by atoms with Crippen molar-refractivity contribution >= 4 is 0 Å². The van der Waals surface area contributed by atoms with Gasteiger partial charge < -0.3 is 54.0 Å². The third kappa shape index (κ3) is 4.60. The van der Waals surface area contributed by atoms with Crippen LogP contribution in [0.3, 0.4) is 0 Å². The smallest absolute Gasteiger partial charge is 0.222 e. The lowest BCUT2D eigenvalue weighted by Crippen LogP contribution is -2.62. The Morgan fingerprint density at radius 3 is 2.04 bits per heavy atom. The van der Waals surface area contributed by atoms with E-state index >= 15 is 0 Å². The van der Waals surface area contributed by atoms with Crippen LogP contribution >= 0.6 is 0 Å². The van der Waals surface area contributed by atoms with Gasteiger partial charge in [0.25, 0.3) is 0 Å². The molecule has 2 heterocycles. The molecule has 11 nitrogen and oxygen atoms in total. The summed E-state index contributed by atoms with van der Waals surface area (Å²) in [5.74, 6) is -2.51. The third-order valence-corrected chi connectivity index (χ3v) is 4.89. The molecule has 0 saturated carbocycles. The predicted octanol–water partition coefficient (Wildman–Crippen LogP) is -3.19. The maximum atomic E-state index is 10.7. The molecule has 0 aromatic carbocycles. The van der Waals surface area contributed by atoms with Crippen LogP contribution in [0.4, 0.5) is 0 Å². The van der Waals surface area contributed by atoms with Crippen molar-refractivity contribution in [3.05, 3.63) is 0 Å². The minimum absolute atomic E-state index is 0.0585. The van der Waals surface area contributed by atoms with E-state index in [1.54, 1.807) is 0 Å². The molecule has 160 valence electrons. The quantitative estimate of drug-likeness (QED) is 0.267. The summed E-state index contributed by atoms with van der Waals surface area (Å²) in [6.45, 7) is -0.618. The molecule has 11 heteroatoms. The van der Waals surface area contributed by atoms with Gasteiger partial charge in [0.05, 0.1) is 25.9 Å². The van der Waals surface area contributed by atoms with Gasteiger partial charge in [0.15, 0.2) is 6.29 Å². The molecule has 0 amide bonds. The zero-order chi connectivity index (χ0) is 20.2. The fourth-order valence-corrected chi connectivity index (χ4v) is 3.45. The summed E-state index contributed by atoms with van der Waals surface area (Å²) in [6, 6.07) is 0. The van der Waals surface area contributed by atoms with Gasteiger partial charge in [-0.1, -0.05) is 0 Å². The average molecular weight is 398 g/mol. The van der Waals surface area contributed by atoms with Crippen LogP contribution in [-0.4, -0.2) is 122 Å². The van der Waals surface area contributed by atoms with Gasteiger partial charge in [-0.3, -0.25) is 0 Å². The monoisotopic (exact) mass is 398 g/mol. The number of hydrogen-bond donors (Lipinski definition) is 5. The molecule has 0 bridgehead atoms. The Morgan fingerprint density at radius 1 is 0.852 bits per heavy atom. The van der Waals surface area contributed by atoms with E-state index in [0.717, 1.165) is 0 Å². The molecule has 27 heavy (non-hydrogen) atoms. The second kappa shape index (κ2) is 9.85. The van der Waals surface area contributed by atoms with Gasteiger partial charge in [-0.25, -0.2) is 0 Å². The van der Waals surface area contributed by atoms with Crippen LogP contribution in [0.15, 0.2) is 0 Å². The van der Waals surface area contributed by atoms with Gasteiger partial charge in [0, 0.05) is 27.2 Å². The van der Waals surface area contributed by atoms with E-state index in [9.17, 15) is 25.5 Å². The molecule has 0 aromatic heterocycles. The summed E-state index contributed by atoms with van der Waals surface area (Å²) in [6.07, 6.45) is -9.02. The lowest BCUT2D eigenvalue weighted by atomic mass is 9.95. The van der Waals surface area contributed by atoms with Gasteiger partial charge in [-0.05, 0) is 0 Å². The molecule has 5 N–H and O–H groups in total. The van der Waals surface area contributed by atoms with E-state index in [0.29, 0.717) is 0 Å². The molecule has 0 aromatic rings. The van der Waals surface area contributed by atoms with Crippen LogP contribution < -0.4 is 0 Å². The van der Waals surface area contributed by atoms with E-state index in [4.69, 9.17) is 28.4 Å². The average Bonchev–Trinajstić information content (AvgIpc) is 2.89. The molecule has 7 unspecified atom stereocenters. The number of rotatable bonds is 9. The van der Waals surface area contributed by atoms with Crippen LogP contribution in [0.1, 0.15) is 0 Å². The van der Waals surface area contributed by atoms with Crippen molar-refractivity contribution in [1.29, 1.82) is 0 Å². The van der Waals surface area contributed by atoms with E-state index in [1.165, 1.54) is 21.3 Å². The summed E-state index contributed by atoms with van der Waals surface area (Å²) in [5.41, 5.74) is 0. The zero-order valence-corrected chi connectivity index (χ0v) is 15.6. The normalized spacial score (nSPS) is 45.3. The van der Waals surface area contributed by atoms with Crippen molar-refractivity contribution in [2.24, 2.45) is 5.92 Å². The Bertz CT molecular complexity index is 452. The Balaban J connectivity index is 2.23. The number of aliphatic hydroxyl groups excluding tert-OH is 5. The first-order chi connectivity index (χ1) is 12.8. The van der Waals surface area contributed by atoms with Crippen molar-refractivity contribution in [1.82, 2.24) is 0 Å². The Labute approximate surface area is 157 Å². The van der Waals surface area contributed by atoms with Crippen molar-refractivity contribution in [3.63, 3.8) is 0 Å². The van der Waals surface area contributed by atoms with Gasteiger partial charge in [-0.2, -0.15) is 0 Å². The van der Waals surface area contributed by atoms with Gasteiger partial charge in [-0.15, -0.1) is 0 Å². The minimum Gasteiger partial charge on any atom is -0.396 e. The highest BCUT2D eigenvalue weighted by Crippen LogP contribution is 2.39. The van der Waals surface area contributed by atoms with Crippen LogP contribution in [0, 0.1) is 5.92 Å². The Morgan fingerprint density at radius 2 is 1.48 bits per heavy atom. The Hall–Kier alpha value is -0.440. The standard InChI is InChI=1S/C16H30O11/c1-22-5-9-8(4-17)14(21)16(26-9,7-24-3)27-15-13(20)12(19)11(18)10(25-15)6-23-2/h8-15,17-21H,4-7H2,1-3H3/t8?,9?,10?,11-,12?,13?,14?,15-,16?/m0/s1. The first-order valence-corrected chi connectivity index (χ1v) is 8.66. The van der Waals surface area contributed by atoms with Crippen LogP contribution in [0.2, 0.25) is 0 Å². The molecule has 0 spiro atoms. The van der Waals surface area contributed by atoms with E-state index in [2.05, 4.69) is 0 Å². The van der Waals surface area contributed by atoms with E-state index in [1.807, 2.05) is 0 Å². The van der Waals surface area contributed by atoms with Crippen molar-refractivity contribution < 1.29 is 54.0 Å². The molecule has 2 aliphatic rings. The molecule has 0 aliphatic carbocycles. The number of aliphatic hydroxyl groups is 5. The Kier molecular flexibility index (Phi) is 8.34. The summed E-state index contributed by atoms with van der Waals surface area (Å²) >= 11 is 0. The highest BCUT2D eigenvalue weighted by atomic mass is 16.8. The van der Waals surface area contributed by atoms with Gasteiger partial charge in [0.2, 0.25) is 5.79 Å². The number of ether oxygens (including phenoxy) is 6. The lowest BCUT2D eigenvalue weighted by molar-refractivity contribution is -0.384. The molecule has 2 fully saturated rings. The molecular weight excluding hydrogens is 368 g/mol. The van der Waals surface area contributed by atoms with Crippen molar-refractivity contribution in [2.75, 3.05) is 47.8 Å². The molecule has 2 saturated heterocycles. The minimum atomic E-state index is -1.78. The second-order valence-corrected chi connectivity index (χ2v) is 6.74. The highest BCUT2D eigenvalue weighted by molar-refractivity contribution is 4.98. The summed E-state index contributed by atoms with van der Waals surface area (Å²) in [4.78, 5) is 0. The van der Waals surface area contributed by atoms with Crippen molar-refractivity contribution in [3.8, 4) is 0 Å². The van der Waals surface area contributed by atoms with Gasteiger partial charge in [0.1, 0.15) is 37.1 Å². The van der Waals surface area contributed by atoms with Crippen LogP contribution in [-0.2, 0) is 28.4 Å². The molecule has 2 aliphatic heterocycles. The van der Waals surface area contributed by atoms with E-state index < -0.39 is 61.2 Å². The van der Waals surface area contributed by atoms with Crippen LogP contribution in [0.5, 0.6) is 0 Å². The number of methoxy groups -OCH3 is 3. The maximum Gasteiger partial charge on any atom is 0.222 e. The SMILES string of the molecule is COCC1OC(COC)(O[C@@H]2OC(COC)[C@H](O)C(O)C2O)C(O)C1CO. The largest absolute Gasteiger partial charge is 0.396 e. The molecule has 2 rings (SSSR count). The molecular formula is C16H30O11.